The summed E-state index contributed by atoms with van der Waals surface area (Å²) in [6.45, 7) is 8.73. The third kappa shape index (κ3) is 9.96. The van der Waals surface area contributed by atoms with E-state index in [1.807, 2.05) is 32.0 Å². The van der Waals surface area contributed by atoms with E-state index >= 15 is 0 Å². The van der Waals surface area contributed by atoms with Crippen LogP contribution in [0.3, 0.4) is 0 Å². The predicted octanol–water partition coefficient (Wildman–Crippen LogP) is 6.03. The maximum Gasteiger partial charge on any atom is 0.302 e. The van der Waals surface area contributed by atoms with Crippen molar-refractivity contribution in [3.8, 4) is 11.3 Å². The smallest absolute Gasteiger partial charge is 0.302 e. The van der Waals surface area contributed by atoms with Gasteiger partial charge in [-0.05, 0) is 81.4 Å². The number of halogens is 4. The molecule has 11 nitrogen and oxygen atoms in total. The SMILES string of the molecule is CCCC(=O)N(C)c1cc(C2CC2C(=O)NC(CC2=CN(C(C)F)CC=C2)C(=O)NC(C)(C)Cn2nc(C(F)(F)P)cc2-c2cc(F)c(=O)n(C)c2)ccc1C. The van der Waals surface area contributed by atoms with Crippen molar-refractivity contribution in [1.29, 1.82) is 0 Å². The second-order valence-corrected chi connectivity index (χ2v) is 16.1. The van der Waals surface area contributed by atoms with Crippen molar-refractivity contribution < 1.29 is 31.9 Å². The normalized spacial score (nSPS) is 17.9. The van der Waals surface area contributed by atoms with Gasteiger partial charge in [-0.1, -0.05) is 40.4 Å². The molecule has 3 amide bonds. The second kappa shape index (κ2) is 16.8. The van der Waals surface area contributed by atoms with Crippen LogP contribution in [-0.2, 0) is 33.6 Å². The minimum absolute atomic E-state index is 0.00571. The monoisotopic (exact) mass is 799 g/mol. The molecule has 1 aliphatic carbocycles. The number of carbonyl (C=O) groups is 3. The Balaban J connectivity index is 1.38. The van der Waals surface area contributed by atoms with Crippen LogP contribution in [0, 0.1) is 18.7 Å². The van der Waals surface area contributed by atoms with E-state index in [0.29, 0.717) is 25.0 Å². The van der Waals surface area contributed by atoms with Crippen LogP contribution in [0.15, 0.2) is 65.2 Å². The number of amides is 3. The van der Waals surface area contributed by atoms with Crippen molar-refractivity contribution in [3.05, 3.63) is 93.4 Å². The fraction of sp³-hybridized carbons (Fsp3) is 0.475. The number of alkyl halides is 3. The third-order valence-corrected chi connectivity index (χ3v) is 10.4. The highest BCUT2D eigenvalue weighted by molar-refractivity contribution is 7.17. The number of benzene rings is 1. The van der Waals surface area contributed by atoms with Gasteiger partial charge in [-0.3, -0.25) is 23.9 Å². The fourth-order valence-electron chi connectivity index (χ4n) is 6.89. The number of allylic oxidation sites excluding steroid dienone is 1. The van der Waals surface area contributed by atoms with Gasteiger partial charge in [0.15, 0.2) is 12.1 Å². The Morgan fingerprint density at radius 1 is 1.16 bits per heavy atom. The van der Waals surface area contributed by atoms with Crippen molar-refractivity contribution >= 4 is 32.6 Å². The largest absolute Gasteiger partial charge is 0.348 e. The quantitative estimate of drug-likeness (QED) is 0.110. The van der Waals surface area contributed by atoms with E-state index in [1.165, 1.54) is 39.0 Å². The number of anilines is 1. The molecule has 3 heterocycles. The van der Waals surface area contributed by atoms with Gasteiger partial charge in [0.1, 0.15) is 11.7 Å². The summed E-state index contributed by atoms with van der Waals surface area (Å²) in [5.74, 6) is -2.58. The van der Waals surface area contributed by atoms with Crippen molar-refractivity contribution in [2.75, 3.05) is 18.5 Å². The fourth-order valence-corrected chi connectivity index (χ4v) is 7.03. The van der Waals surface area contributed by atoms with Gasteiger partial charge in [0.2, 0.25) is 17.7 Å². The molecule has 3 aromatic rings. The number of nitrogens with one attached hydrogen (secondary N) is 2. The highest BCUT2D eigenvalue weighted by Gasteiger charge is 2.45. The maximum atomic E-state index is 14.5. The number of hydrogen-bond acceptors (Lipinski definition) is 6. The molecule has 5 atom stereocenters. The molecule has 1 aromatic carbocycles. The number of rotatable bonds is 15. The summed E-state index contributed by atoms with van der Waals surface area (Å²) in [6, 6.07) is 6.73. The molecule has 16 heteroatoms. The molecule has 0 radical (unpaired) electrons. The first-order valence-electron chi connectivity index (χ1n) is 18.6. The van der Waals surface area contributed by atoms with Gasteiger partial charge in [0, 0.05) is 63.0 Å². The predicted molar refractivity (Wildman–Crippen MR) is 210 cm³/mol. The number of aromatic nitrogens is 3. The zero-order valence-electron chi connectivity index (χ0n) is 32.7. The molecule has 1 aliphatic heterocycles. The molecule has 2 aromatic heterocycles. The lowest BCUT2D eigenvalue weighted by atomic mass is 10.00. The van der Waals surface area contributed by atoms with E-state index < -0.39 is 52.4 Å². The van der Waals surface area contributed by atoms with Gasteiger partial charge < -0.3 is 25.0 Å². The number of nitrogens with zero attached hydrogens (tertiary/aromatic N) is 5. The molecular formula is C40H50F4N7O4P. The van der Waals surface area contributed by atoms with E-state index in [2.05, 4.69) is 15.7 Å². The van der Waals surface area contributed by atoms with E-state index in [0.717, 1.165) is 39.9 Å². The standard InChI is InChI=1S/C40H50F4N7O4P/c1-8-10-35(52)49(7)32-17-26(13-12-23(32)2)28-18-29(28)36(53)45-31(15-25-11-9-14-50(20-25)24(3)41)37(54)46-39(4,5)22-51-33(19-34(47-51)40(43,44)56)27-16-30(42)38(55)48(6)21-27/h9,11-13,16-17,19-21,24,28-29,31H,8,10,14-15,18,22,56H2,1-7H3,(H,45,53)(H,46,54). The van der Waals surface area contributed by atoms with Crippen molar-refractivity contribution in [2.45, 2.75) is 96.3 Å². The first kappa shape index (κ1) is 42.4. The van der Waals surface area contributed by atoms with Crippen LogP contribution in [-0.4, -0.2) is 68.4 Å². The topological polar surface area (TPSA) is 122 Å². The molecule has 2 N–H and O–H groups in total. The maximum absolute atomic E-state index is 14.5. The minimum atomic E-state index is -3.43. The van der Waals surface area contributed by atoms with Gasteiger partial charge in [-0.2, -0.15) is 13.9 Å². The lowest BCUT2D eigenvalue weighted by molar-refractivity contribution is -0.130. The average Bonchev–Trinajstić information content (AvgIpc) is 3.81. The molecule has 5 rings (SSSR count). The molecular weight excluding hydrogens is 749 g/mol. The van der Waals surface area contributed by atoms with Gasteiger partial charge in [-0.25, -0.2) is 8.78 Å². The van der Waals surface area contributed by atoms with Gasteiger partial charge in [0.25, 0.3) is 5.56 Å². The Morgan fingerprint density at radius 3 is 2.52 bits per heavy atom. The van der Waals surface area contributed by atoms with Crippen LogP contribution in [0.1, 0.15) is 76.1 Å². The summed E-state index contributed by atoms with van der Waals surface area (Å²) in [5, 5.41) is 9.93. The summed E-state index contributed by atoms with van der Waals surface area (Å²) in [7, 11) is 4.48. The minimum Gasteiger partial charge on any atom is -0.348 e. The van der Waals surface area contributed by atoms with E-state index in [4.69, 9.17) is 0 Å². The molecule has 1 fully saturated rings. The summed E-state index contributed by atoms with van der Waals surface area (Å²) in [5.41, 5.74) is -2.72. The lowest BCUT2D eigenvalue weighted by Crippen LogP contribution is -2.55. The first-order chi connectivity index (χ1) is 26.2. The van der Waals surface area contributed by atoms with Gasteiger partial charge in [-0.15, -0.1) is 0 Å². The average molecular weight is 800 g/mol. The zero-order valence-corrected chi connectivity index (χ0v) is 33.9. The number of aryl methyl sites for hydroxylation is 2. The molecule has 5 unspecified atom stereocenters. The molecule has 1 saturated carbocycles. The first-order valence-corrected chi connectivity index (χ1v) is 19.1. The number of carbonyl (C=O) groups excluding carboxylic acids is 3. The van der Waals surface area contributed by atoms with Crippen molar-refractivity contribution in [1.82, 2.24) is 29.9 Å². The van der Waals surface area contributed by atoms with Crippen molar-refractivity contribution in [2.24, 2.45) is 13.0 Å². The zero-order chi connectivity index (χ0) is 41.3. The second-order valence-electron chi connectivity index (χ2n) is 15.4. The van der Waals surface area contributed by atoms with Crippen LogP contribution in [0.5, 0.6) is 0 Å². The third-order valence-electron chi connectivity index (χ3n) is 10.1. The number of hydrogen-bond donors (Lipinski definition) is 2. The summed E-state index contributed by atoms with van der Waals surface area (Å²) in [4.78, 5) is 55.8. The van der Waals surface area contributed by atoms with Crippen LogP contribution < -0.4 is 21.1 Å². The highest BCUT2D eigenvalue weighted by Crippen LogP contribution is 2.48. The van der Waals surface area contributed by atoms with Crippen LogP contribution in [0.2, 0.25) is 0 Å². The van der Waals surface area contributed by atoms with E-state index in [1.54, 1.807) is 44.1 Å². The van der Waals surface area contributed by atoms with Crippen molar-refractivity contribution in [3.63, 3.8) is 0 Å². The molecule has 56 heavy (non-hydrogen) atoms. The Labute approximate surface area is 326 Å². The Kier molecular flexibility index (Phi) is 12.7. The molecule has 0 bridgehead atoms. The van der Waals surface area contributed by atoms with Crippen LogP contribution in [0.4, 0.5) is 23.2 Å². The Hall–Kier alpha value is -4.78. The molecule has 0 saturated heterocycles. The molecule has 302 valence electrons. The van der Waals surface area contributed by atoms with Gasteiger partial charge in [0.05, 0.1) is 17.8 Å². The Morgan fingerprint density at radius 2 is 1.88 bits per heavy atom. The number of pyridine rings is 1. The van der Waals surface area contributed by atoms with E-state index in [9.17, 15) is 36.7 Å². The highest BCUT2D eigenvalue weighted by atomic mass is 31.0. The lowest BCUT2D eigenvalue weighted by Gasteiger charge is -2.31. The van der Waals surface area contributed by atoms with Crippen LogP contribution >= 0.6 is 9.24 Å². The summed E-state index contributed by atoms with van der Waals surface area (Å²) >= 11 is 0. The van der Waals surface area contributed by atoms with Crippen LogP contribution in [0.25, 0.3) is 11.3 Å². The molecule has 0 spiro atoms. The Bertz CT molecular complexity index is 2080. The van der Waals surface area contributed by atoms with Gasteiger partial charge >= 0.3 is 5.66 Å². The molecule has 2 aliphatic rings. The van der Waals surface area contributed by atoms with E-state index in [-0.39, 0.29) is 42.0 Å². The summed E-state index contributed by atoms with van der Waals surface area (Å²) in [6.07, 6.45) is 6.85. The summed E-state index contributed by atoms with van der Waals surface area (Å²) < 4.78 is 60.0.